The van der Waals surface area contributed by atoms with Gasteiger partial charge in [0.1, 0.15) is 0 Å². The van der Waals surface area contributed by atoms with Crippen molar-refractivity contribution in [3.63, 3.8) is 0 Å². The molecule has 3 heteroatoms. The molecule has 0 saturated carbocycles. The molecule has 1 heterocycles. The summed E-state index contributed by atoms with van der Waals surface area (Å²) >= 11 is 0. The number of aliphatic carboxylic acids is 1. The van der Waals surface area contributed by atoms with Crippen LogP contribution in [-0.4, -0.2) is 15.6 Å². The molecule has 0 aliphatic heterocycles. The van der Waals surface area contributed by atoms with E-state index in [2.05, 4.69) is 36.6 Å². The average Bonchev–Trinajstić information content (AvgIpc) is 2.64. The summed E-state index contributed by atoms with van der Waals surface area (Å²) in [5.41, 5.74) is 3.68. The number of aryl methyl sites for hydroxylation is 3. The lowest BCUT2D eigenvalue weighted by Gasteiger charge is -2.07. The maximum Gasteiger partial charge on any atom is 0.305 e. The van der Waals surface area contributed by atoms with Crippen molar-refractivity contribution in [1.82, 2.24) is 4.57 Å². The van der Waals surface area contributed by atoms with Crippen molar-refractivity contribution in [2.45, 2.75) is 33.2 Å². The maximum atomic E-state index is 10.7. The average molecular weight is 231 g/mol. The fourth-order valence-corrected chi connectivity index (χ4v) is 2.29. The molecule has 90 valence electrons. The van der Waals surface area contributed by atoms with Crippen molar-refractivity contribution in [3.05, 3.63) is 35.5 Å². The van der Waals surface area contributed by atoms with Gasteiger partial charge in [-0.05, 0) is 24.5 Å². The Morgan fingerprint density at radius 1 is 1.41 bits per heavy atom. The summed E-state index contributed by atoms with van der Waals surface area (Å²) in [6, 6.07) is 6.27. The molecule has 0 amide bonds. The van der Waals surface area contributed by atoms with E-state index >= 15 is 0 Å². The van der Waals surface area contributed by atoms with E-state index in [-0.39, 0.29) is 6.42 Å². The topological polar surface area (TPSA) is 42.2 Å². The fraction of sp³-hybridized carbons (Fsp3) is 0.357. The third-order valence-electron chi connectivity index (χ3n) is 3.13. The number of hydrogen-bond acceptors (Lipinski definition) is 1. The second kappa shape index (κ2) is 4.62. The number of carbonyl (C=O) groups is 1. The van der Waals surface area contributed by atoms with Crippen LogP contribution in [0.5, 0.6) is 0 Å². The molecule has 0 fully saturated rings. The SMILES string of the molecule is CCc1cccc2c(C)cn(CCC(=O)O)c12. The molecule has 1 N–H and O–H groups in total. The van der Waals surface area contributed by atoms with Crippen LogP contribution >= 0.6 is 0 Å². The van der Waals surface area contributed by atoms with Gasteiger partial charge in [0.2, 0.25) is 0 Å². The highest BCUT2D eigenvalue weighted by Gasteiger charge is 2.09. The zero-order valence-corrected chi connectivity index (χ0v) is 10.2. The molecule has 2 rings (SSSR count). The molecule has 0 aliphatic rings. The van der Waals surface area contributed by atoms with Gasteiger partial charge in [0.05, 0.1) is 11.9 Å². The number of carboxylic acids is 1. The first-order chi connectivity index (χ1) is 8.13. The Bertz CT molecular complexity index is 555. The molecule has 0 saturated heterocycles. The molecule has 17 heavy (non-hydrogen) atoms. The van der Waals surface area contributed by atoms with Crippen molar-refractivity contribution in [3.8, 4) is 0 Å². The lowest BCUT2D eigenvalue weighted by atomic mass is 10.1. The fourth-order valence-electron chi connectivity index (χ4n) is 2.29. The molecule has 0 radical (unpaired) electrons. The van der Waals surface area contributed by atoms with Gasteiger partial charge in [-0.25, -0.2) is 0 Å². The number of aromatic nitrogens is 1. The first kappa shape index (κ1) is 11.7. The number of nitrogens with zero attached hydrogens (tertiary/aromatic N) is 1. The summed E-state index contributed by atoms with van der Waals surface area (Å²) < 4.78 is 2.07. The highest BCUT2D eigenvalue weighted by molar-refractivity contribution is 5.86. The van der Waals surface area contributed by atoms with E-state index in [0.717, 1.165) is 6.42 Å². The molecule has 0 atom stereocenters. The van der Waals surface area contributed by atoms with Crippen LogP contribution in [0.3, 0.4) is 0 Å². The van der Waals surface area contributed by atoms with Gasteiger partial charge in [-0.3, -0.25) is 4.79 Å². The molecule has 1 aromatic carbocycles. The monoisotopic (exact) mass is 231 g/mol. The maximum absolute atomic E-state index is 10.7. The molecule has 0 unspecified atom stereocenters. The van der Waals surface area contributed by atoms with Gasteiger partial charge >= 0.3 is 5.97 Å². The van der Waals surface area contributed by atoms with Gasteiger partial charge in [-0.2, -0.15) is 0 Å². The Hall–Kier alpha value is -1.77. The summed E-state index contributed by atoms with van der Waals surface area (Å²) in [7, 11) is 0. The van der Waals surface area contributed by atoms with Gasteiger partial charge in [-0.15, -0.1) is 0 Å². The minimum Gasteiger partial charge on any atom is -0.481 e. The van der Waals surface area contributed by atoms with Gasteiger partial charge in [-0.1, -0.05) is 25.1 Å². The summed E-state index contributed by atoms with van der Waals surface area (Å²) in [5.74, 6) is -0.751. The van der Waals surface area contributed by atoms with Crippen molar-refractivity contribution < 1.29 is 9.90 Å². The van der Waals surface area contributed by atoms with Crippen LogP contribution in [0.15, 0.2) is 24.4 Å². The van der Waals surface area contributed by atoms with E-state index in [1.807, 2.05) is 6.20 Å². The van der Waals surface area contributed by atoms with E-state index in [1.54, 1.807) is 0 Å². The summed E-state index contributed by atoms with van der Waals surface area (Å²) in [5, 5.41) is 10.00. The van der Waals surface area contributed by atoms with E-state index in [0.29, 0.717) is 6.54 Å². The molecule has 2 aromatic rings. The molecule has 3 nitrogen and oxygen atoms in total. The highest BCUT2D eigenvalue weighted by atomic mass is 16.4. The Labute approximate surface area is 101 Å². The van der Waals surface area contributed by atoms with Gasteiger partial charge in [0, 0.05) is 18.1 Å². The van der Waals surface area contributed by atoms with Crippen LogP contribution in [0.4, 0.5) is 0 Å². The number of para-hydroxylation sites is 1. The first-order valence-corrected chi connectivity index (χ1v) is 5.92. The predicted molar refractivity (Wildman–Crippen MR) is 68.3 cm³/mol. The summed E-state index contributed by atoms with van der Waals surface area (Å²) in [6.45, 7) is 4.73. The van der Waals surface area contributed by atoms with Crippen LogP contribution in [0.2, 0.25) is 0 Å². The third-order valence-corrected chi connectivity index (χ3v) is 3.13. The molecular formula is C14H17NO2. The second-order valence-electron chi connectivity index (χ2n) is 4.32. The smallest absolute Gasteiger partial charge is 0.305 e. The first-order valence-electron chi connectivity index (χ1n) is 5.92. The molecule has 0 aliphatic carbocycles. The second-order valence-corrected chi connectivity index (χ2v) is 4.32. The van der Waals surface area contributed by atoms with E-state index in [4.69, 9.17) is 5.11 Å². The predicted octanol–water partition coefficient (Wildman–Crippen LogP) is 2.99. The van der Waals surface area contributed by atoms with Crippen LogP contribution in [0.25, 0.3) is 10.9 Å². The molecule has 1 aromatic heterocycles. The molecule has 0 spiro atoms. The number of fused-ring (bicyclic) bond motifs is 1. The van der Waals surface area contributed by atoms with Crippen molar-refractivity contribution in [2.75, 3.05) is 0 Å². The lowest BCUT2D eigenvalue weighted by molar-refractivity contribution is -0.137. The van der Waals surface area contributed by atoms with Crippen molar-refractivity contribution in [1.29, 1.82) is 0 Å². The van der Waals surface area contributed by atoms with Crippen LogP contribution < -0.4 is 0 Å². The van der Waals surface area contributed by atoms with E-state index < -0.39 is 5.97 Å². The Kier molecular flexibility index (Phi) is 3.18. The highest BCUT2D eigenvalue weighted by Crippen LogP contribution is 2.25. The minimum atomic E-state index is -0.751. The van der Waals surface area contributed by atoms with Crippen molar-refractivity contribution in [2.24, 2.45) is 0 Å². The van der Waals surface area contributed by atoms with E-state index in [1.165, 1.54) is 22.0 Å². The van der Waals surface area contributed by atoms with Crippen LogP contribution in [0, 0.1) is 6.92 Å². The van der Waals surface area contributed by atoms with Crippen LogP contribution in [-0.2, 0) is 17.8 Å². The Morgan fingerprint density at radius 3 is 2.82 bits per heavy atom. The van der Waals surface area contributed by atoms with Gasteiger partial charge in [0.15, 0.2) is 0 Å². The van der Waals surface area contributed by atoms with Crippen molar-refractivity contribution >= 4 is 16.9 Å². The number of hydrogen-bond donors (Lipinski definition) is 1. The summed E-state index contributed by atoms with van der Waals surface area (Å²) in [6.07, 6.45) is 3.18. The normalized spacial score (nSPS) is 10.9. The summed E-state index contributed by atoms with van der Waals surface area (Å²) in [4.78, 5) is 10.7. The number of benzene rings is 1. The Morgan fingerprint density at radius 2 is 2.18 bits per heavy atom. The van der Waals surface area contributed by atoms with E-state index in [9.17, 15) is 4.79 Å². The third kappa shape index (κ3) is 2.18. The van der Waals surface area contributed by atoms with Gasteiger partial charge in [0.25, 0.3) is 0 Å². The minimum absolute atomic E-state index is 0.168. The number of carboxylic acid groups (broad SMARTS) is 1. The zero-order chi connectivity index (χ0) is 12.4. The lowest BCUT2D eigenvalue weighted by Crippen LogP contribution is -2.04. The Balaban J connectivity index is 2.51. The quantitative estimate of drug-likeness (QED) is 0.879. The zero-order valence-electron chi connectivity index (χ0n) is 10.2. The number of rotatable bonds is 4. The standard InChI is InChI=1S/C14H17NO2/c1-3-11-5-4-6-12-10(2)9-15(14(11)12)8-7-13(16)17/h4-6,9H,3,7-8H2,1-2H3,(H,16,17). The van der Waals surface area contributed by atoms with Gasteiger partial charge < -0.3 is 9.67 Å². The largest absolute Gasteiger partial charge is 0.481 e. The van der Waals surface area contributed by atoms with Crippen LogP contribution in [0.1, 0.15) is 24.5 Å². The molecular weight excluding hydrogens is 214 g/mol. The molecule has 0 bridgehead atoms.